The van der Waals surface area contributed by atoms with Gasteiger partial charge in [0.2, 0.25) is 5.78 Å². The third-order valence-electron chi connectivity index (χ3n) is 1.93. The number of hydrogen-bond donors (Lipinski definition) is 2. The van der Waals surface area contributed by atoms with E-state index >= 15 is 0 Å². The molecule has 0 aromatic carbocycles. The van der Waals surface area contributed by atoms with Crippen LogP contribution in [0.25, 0.3) is 0 Å². The van der Waals surface area contributed by atoms with Gasteiger partial charge < -0.3 is 20.3 Å². The third kappa shape index (κ3) is 3.88. The predicted octanol–water partition coefficient (Wildman–Crippen LogP) is -0.209. The molecule has 92 valence electrons. The molecule has 1 rings (SSSR count). The molecule has 0 aromatic rings. The fraction of sp³-hybridized carbons (Fsp3) is 0.800. The van der Waals surface area contributed by atoms with Crippen LogP contribution in [0.1, 0.15) is 27.7 Å². The van der Waals surface area contributed by atoms with E-state index in [0.29, 0.717) is 0 Å². The first-order valence-electron chi connectivity index (χ1n) is 5.09. The predicted molar refractivity (Wildman–Crippen MR) is 57.8 cm³/mol. The van der Waals surface area contributed by atoms with Crippen molar-refractivity contribution < 1.29 is 19.4 Å². The van der Waals surface area contributed by atoms with Crippen LogP contribution in [0.2, 0.25) is 0 Å². The molecule has 3 unspecified atom stereocenters. The normalized spacial score (nSPS) is 27.7. The number of hydrogen-bond acceptors (Lipinski definition) is 5. The number of aliphatic hydroxyl groups is 1. The van der Waals surface area contributed by atoms with Crippen molar-refractivity contribution in [1.82, 2.24) is 0 Å². The van der Waals surface area contributed by atoms with Gasteiger partial charge in [0.15, 0.2) is 5.84 Å². The van der Waals surface area contributed by atoms with Gasteiger partial charge in [-0.2, -0.15) is 0 Å². The van der Waals surface area contributed by atoms with Crippen molar-refractivity contribution in [3.05, 3.63) is 0 Å². The van der Waals surface area contributed by atoms with E-state index in [1.54, 1.807) is 27.7 Å². The number of carbonyl (C=O) groups is 1. The highest BCUT2D eigenvalue weighted by molar-refractivity contribution is 6.40. The minimum absolute atomic E-state index is 0.123. The number of amidine groups is 1. The smallest absolute Gasteiger partial charge is 0.258 e. The lowest BCUT2D eigenvalue weighted by Crippen LogP contribution is -2.33. The molecule has 6 heteroatoms. The minimum atomic E-state index is -1.43. The maximum atomic E-state index is 11.5. The molecule has 1 aliphatic heterocycles. The summed E-state index contributed by atoms with van der Waals surface area (Å²) in [5.74, 6) is -0.685. The van der Waals surface area contributed by atoms with E-state index in [-0.39, 0.29) is 11.9 Å². The van der Waals surface area contributed by atoms with Crippen molar-refractivity contribution in [2.75, 3.05) is 0 Å². The molecule has 0 amide bonds. The molecule has 0 saturated carbocycles. The molecule has 1 fully saturated rings. The maximum Gasteiger partial charge on any atom is 0.258 e. The van der Waals surface area contributed by atoms with E-state index in [2.05, 4.69) is 4.99 Å². The summed E-state index contributed by atoms with van der Waals surface area (Å²) in [6.45, 7) is 7.04. The molecule has 0 radical (unpaired) electrons. The Balaban J connectivity index is 2.52. The minimum Gasteiger partial charge on any atom is -0.381 e. The Bertz CT molecular complexity index is 308. The second-order valence-corrected chi connectivity index (χ2v) is 4.70. The molecular formula is C10H18N2O4. The quantitative estimate of drug-likeness (QED) is 0.301. The molecule has 16 heavy (non-hydrogen) atoms. The number of carbonyl (C=O) groups excluding carboxylic acids is 1. The Morgan fingerprint density at radius 1 is 1.56 bits per heavy atom. The summed E-state index contributed by atoms with van der Waals surface area (Å²) in [6, 6.07) is 0. The zero-order valence-corrected chi connectivity index (χ0v) is 9.93. The van der Waals surface area contributed by atoms with Crippen molar-refractivity contribution in [3.8, 4) is 0 Å². The van der Waals surface area contributed by atoms with Gasteiger partial charge in [-0.15, -0.1) is 0 Å². The molecule has 0 aliphatic carbocycles. The van der Waals surface area contributed by atoms with Gasteiger partial charge in [0, 0.05) is 0 Å². The van der Waals surface area contributed by atoms with Gasteiger partial charge in [0.25, 0.3) is 6.41 Å². The average Bonchev–Trinajstić information content (AvgIpc) is 2.77. The van der Waals surface area contributed by atoms with Crippen molar-refractivity contribution in [2.24, 2.45) is 10.7 Å². The summed E-state index contributed by atoms with van der Waals surface area (Å²) >= 11 is 0. The zero-order chi connectivity index (χ0) is 12.5. The van der Waals surface area contributed by atoms with Crippen molar-refractivity contribution >= 4 is 11.6 Å². The summed E-state index contributed by atoms with van der Waals surface area (Å²) < 4.78 is 10.0. The molecule has 6 nitrogen and oxygen atoms in total. The largest absolute Gasteiger partial charge is 0.381 e. The van der Waals surface area contributed by atoms with Gasteiger partial charge in [-0.25, -0.2) is 4.99 Å². The zero-order valence-electron chi connectivity index (χ0n) is 9.93. The first-order valence-corrected chi connectivity index (χ1v) is 5.09. The number of rotatable bonds is 4. The van der Waals surface area contributed by atoms with Crippen molar-refractivity contribution in [1.29, 1.82) is 0 Å². The van der Waals surface area contributed by atoms with Gasteiger partial charge >= 0.3 is 0 Å². The Morgan fingerprint density at radius 2 is 2.06 bits per heavy atom. The number of nitrogens with zero attached hydrogens (tertiary/aromatic N) is 1. The highest BCUT2D eigenvalue weighted by atomic mass is 16.6. The van der Waals surface area contributed by atoms with Crippen LogP contribution in [0, 0.1) is 0 Å². The molecule has 1 saturated heterocycles. The fourth-order valence-electron chi connectivity index (χ4n) is 1.13. The Kier molecular flexibility index (Phi) is 3.67. The van der Waals surface area contributed by atoms with E-state index in [9.17, 15) is 9.90 Å². The molecule has 1 heterocycles. The Labute approximate surface area is 94.4 Å². The monoisotopic (exact) mass is 230 g/mol. The first kappa shape index (κ1) is 13.1. The molecule has 0 spiro atoms. The van der Waals surface area contributed by atoms with E-state index < -0.39 is 23.9 Å². The van der Waals surface area contributed by atoms with Crippen LogP contribution >= 0.6 is 0 Å². The van der Waals surface area contributed by atoms with Crippen LogP contribution in [0.3, 0.4) is 0 Å². The number of ketones is 1. The van der Waals surface area contributed by atoms with Gasteiger partial charge in [0.05, 0.1) is 11.7 Å². The van der Waals surface area contributed by atoms with E-state index in [1.165, 1.54) is 0 Å². The molecule has 0 bridgehead atoms. The maximum absolute atomic E-state index is 11.5. The fourth-order valence-corrected chi connectivity index (χ4v) is 1.13. The number of Topliss-reactive ketones (excluding diaryl/α,β-unsaturated/α-hetero) is 1. The number of nitrogens with two attached hydrogens (primary N) is 1. The second-order valence-electron chi connectivity index (χ2n) is 4.70. The standard InChI is InChI=1S/C10H18N2O4/c1-5-7(15-5)6(13)8(11)12-9(14)16-10(2,3)4/h5,7,9,14H,1-4H3,(H2,11,12). The number of epoxide rings is 1. The Hall–Kier alpha value is -0.980. The molecule has 3 atom stereocenters. The van der Waals surface area contributed by atoms with Crippen LogP contribution < -0.4 is 5.73 Å². The lowest BCUT2D eigenvalue weighted by atomic mass is 10.2. The summed E-state index contributed by atoms with van der Waals surface area (Å²) in [6.07, 6.45) is -2.08. The van der Waals surface area contributed by atoms with E-state index in [4.69, 9.17) is 15.2 Å². The molecule has 3 N–H and O–H groups in total. The van der Waals surface area contributed by atoms with Gasteiger partial charge in [-0.3, -0.25) is 4.79 Å². The second kappa shape index (κ2) is 4.48. The topological polar surface area (TPSA) is 97.4 Å². The van der Waals surface area contributed by atoms with Crippen LogP contribution in [0.4, 0.5) is 0 Å². The number of ether oxygens (including phenoxy) is 2. The average molecular weight is 230 g/mol. The third-order valence-corrected chi connectivity index (χ3v) is 1.93. The van der Waals surface area contributed by atoms with Gasteiger partial charge in [-0.1, -0.05) is 0 Å². The molecule has 1 aliphatic rings. The summed E-state index contributed by atoms with van der Waals surface area (Å²) in [5, 5.41) is 9.39. The lowest BCUT2D eigenvalue weighted by molar-refractivity contribution is -0.160. The highest BCUT2D eigenvalue weighted by Gasteiger charge is 2.42. The SMILES string of the molecule is CC1OC1C(=O)C(N)=NC(O)OC(C)(C)C. The van der Waals surface area contributed by atoms with Crippen molar-refractivity contribution in [3.63, 3.8) is 0 Å². The van der Waals surface area contributed by atoms with Gasteiger partial charge in [-0.05, 0) is 27.7 Å². The van der Waals surface area contributed by atoms with E-state index in [1.807, 2.05) is 0 Å². The highest BCUT2D eigenvalue weighted by Crippen LogP contribution is 2.21. The molecular weight excluding hydrogens is 212 g/mol. The number of aliphatic imine (C=N–C) groups is 1. The summed E-state index contributed by atoms with van der Waals surface area (Å²) in [5.41, 5.74) is 4.86. The van der Waals surface area contributed by atoms with Gasteiger partial charge in [0.1, 0.15) is 6.10 Å². The Morgan fingerprint density at radius 3 is 2.44 bits per heavy atom. The van der Waals surface area contributed by atoms with Crippen LogP contribution in [0.5, 0.6) is 0 Å². The molecule has 0 aromatic heterocycles. The summed E-state index contributed by atoms with van der Waals surface area (Å²) in [7, 11) is 0. The van der Waals surface area contributed by atoms with Crippen LogP contribution in [-0.2, 0) is 14.3 Å². The van der Waals surface area contributed by atoms with Crippen LogP contribution in [-0.4, -0.2) is 40.9 Å². The van der Waals surface area contributed by atoms with Crippen LogP contribution in [0.15, 0.2) is 4.99 Å². The first-order chi connectivity index (χ1) is 7.20. The summed E-state index contributed by atoms with van der Waals surface area (Å²) in [4.78, 5) is 15.0. The number of aliphatic hydroxyl groups excluding tert-OH is 1. The lowest BCUT2D eigenvalue weighted by Gasteiger charge is -2.21. The van der Waals surface area contributed by atoms with Crippen molar-refractivity contribution in [2.45, 2.75) is 51.9 Å². The van der Waals surface area contributed by atoms with E-state index in [0.717, 1.165) is 0 Å².